The highest BCUT2D eigenvalue weighted by Gasteiger charge is 2.47. The molecule has 1 atom stereocenters. The van der Waals surface area contributed by atoms with E-state index >= 15 is 0 Å². The maximum absolute atomic E-state index is 13.4. The summed E-state index contributed by atoms with van der Waals surface area (Å²) in [5, 5.41) is 21.7. The van der Waals surface area contributed by atoms with E-state index in [-0.39, 0.29) is 34.9 Å². The number of phenols is 1. The van der Waals surface area contributed by atoms with Crippen LogP contribution >= 0.6 is 0 Å². The fraction of sp³-hybridized carbons (Fsp3) is 0.207. The Balaban J connectivity index is 1.68. The van der Waals surface area contributed by atoms with Gasteiger partial charge >= 0.3 is 5.97 Å². The van der Waals surface area contributed by atoms with Gasteiger partial charge in [0.1, 0.15) is 23.9 Å². The number of carbonyl (C=O) groups is 3. The maximum Gasteiger partial charge on any atom is 0.338 e. The van der Waals surface area contributed by atoms with Crippen molar-refractivity contribution in [3.63, 3.8) is 0 Å². The van der Waals surface area contributed by atoms with E-state index in [4.69, 9.17) is 9.47 Å². The Morgan fingerprint density at radius 1 is 1.05 bits per heavy atom. The Kier molecular flexibility index (Phi) is 6.50. The van der Waals surface area contributed by atoms with E-state index in [2.05, 4.69) is 0 Å². The van der Waals surface area contributed by atoms with Gasteiger partial charge in [0.05, 0.1) is 36.0 Å². The van der Waals surface area contributed by atoms with Gasteiger partial charge in [-0.2, -0.15) is 0 Å². The smallest absolute Gasteiger partial charge is 0.338 e. The van der Waals surface area contributed by atoms with Crippen LogP contribution < -0.4 is 14.5 Å². The highest BCUT2D eigenvalue weighted by atomic mass is 16.5. The van der Waals surface area contributed by atoms with E-state index in [1.807, 2.05) is 11.9 Å². The number of carbonyl (C=O) groups excluding carboxylic acids is 3. The molecule has 1 unspecified atom stereocenters. The zero-order valence-corrected chi connectivity index (χ0v) is 20.9. The summed E-state index contributed by atoms with van der Waals surface area (Å²) in [4.78, 5) is 42.4. The number of Topliss-reactive ketones (excluding diaryl/α,β-unsaturated/α-hetero) is 1. The van der Waals surface area contributed by atoms with E-state index in [0.29, 0.717) is 30.0 Å². The van der Waals surface area contributed by atoms with Crippen LogP contribution in [0.2, 0.25) is 0 Å². The molecule has 0 radical (unpaired) electrons. The molecule has 194 valence electrons. The number of hydrogen-bond donors (Lipinski definition) is 2. The molecule has 0 saturated carbocycles. The molecule has 3 aromatic rings. The van der Waals surface area contributed by atoms with E-state index < -0.39 is 23.7 Å². The summed E-state index contributed by atoms with van der Waals surface area (Å²) < 4.78 is 10.8. The van der Waals surface area contributed by atoms with Crippen molar-refractivity contribution < 1.29 is 34.1 Å². The fourth-order valence-corrected chi connectivity index (χ4v) is 4.76. The number of esters is 1. The first kappa shape index (κ1) is 24.9. The molecular weight excluding hydrogens is 488 g/mol. The minimum absolute atomic E-state index is 0.0686. The van der Waals surface area contributed by atoms with Crippen LogP contribution in [0.5, 0.6) is 11.5 Å². The van der Waals surface area contributed by atoms with Crippen LogP contribution in [0.3, 0.4) is 0 Å². The SMILES string of the molecule is CCOC(=O)c1cccc(N2C(=O)C(=O)/C(=C(\O)c3ccc4c(c3)N(C)CCO4)C2c2cccc(O)c2)c1. The third-order valence-corrected chi connectivity index (χ3v) is 6.59. The average Bonchev–Trinajstić information content (AvgIpc) is 3.18. The van der Waals surface area contributed by atoms with E-state index in [0.717, 1.165) is 5.69 Å². The second-order valence-corrected chi connectivity index (χ2v) is 8.99. The predicted molar refractivity (Wildman–Crippen MR) is 140 cm³/mol. The van der Waals surface area contributed by atoms with Gasteiger partial charge in [-0.25, -0.2) is 4.79 Å². The van der Waals surface area contributed by atoms with Crippen LogP contribution in [0.15, 0.2) is 72.3 Å². The summed E-state index contributed by atoms with van der Waals surface area (Å²) in [6, 6.07) is 16.3. The molecule has 0 aliphatic carbocycles. The number of ether oxygens (including phenoxy) is 2. The van der Waals surface area contributed by atoms with Crippen LogP contribution in [0.1, 0.15) is 34.5 Å². The molecule has 1 amide bonds. The Morgan fingerprint density at radius 2 is 1.84 bits per heavy atom. The summed E-state index contributed by atoms with van der Waals surface area (Å²) >= 11 is 0. The second kappa shape index (κ2) is 9.93. The van der Waals surface area contributed by atoms with Crippen molar-refractivity contribution in [1.82, 2.24) is 0 Å². The van der Waals surface area contributed by atoms with Crippen molar-refractivity contribution >= 4 is 34.8 Å². The summed E-state index contributed by atoms with van der Waals surface area (Å²) in [6.07, 6.45) is 0. The van der Waals surface area contributed by atoms with Gasteiger partial charge in [0.2, 0.25) is 0 Å². The van der Waals surface area contributed by atoms with Gasteiger partial charge in [-0.15, -0.1) is 0 Å². The van der Waals surface area contributed by atoms with Gasteiger partial charge in [-0.05, 0) is 61.0 Å². The lowest BCUT2D eigenvalue weighted by Gasteiger charge is -2.28. The first-order valence-electron chi connectivity index (χ1n) is 12.2. The molecule has 2 N–H and O–H groups in total. The molecule has 5 rings (SSSR count). The first-order valence-corrected chi connectivity index (χ1v) is 12.2. The molecule has 2 heterocycles. The summed E-state index contributed by atoms with van der Waals surface area (Å²) in [5.74, 6) is -2.11. The van der Waals surface area contributed by atoms with Crippen molar-refractivity contribution in [1.29, 1.82) is 0 Å². The van der Waals surface area contributed by atoms with Crippen molar-refractivity contribution in [2.45, 2.75) is 13.0 Å². The summed E-state index contributed by atoms with van der Waals surface area (Å²) in [7, 11) is 1.90. The number of amides is 1. The standard InChI is InChI=1S/C29H26N2O7/c1-3-37-29(36)19-7-4-8-20(14-19)31-25(17-6-5-9-21(32)15-17)24(27(34)28(31)35)26(33)18-10-11-23-22(16-18)30(2)12-13-38-23/h4-11,14-16,25,32-33H,3,12-13H2,1-2H3/b26-24-. The average molecular weight is 515 g/mol. The number of aliphatic hydroxyl groups excluding tert-OH is 1. The Morgan fingerprint density at radius 3 is 2.61 bits per heavy atom. The van der Waals surface area contributed by atoms with Gasteiger partial charge in [0.15, 0.2) is 0 Å². The van der Waals surface area contributed by atoms with Crippen LogP contribution in [0, 0.1) is 0 Å². The summed E-state index contributed by atoms with van der Waals surface area (Å²) in [5.41, 5.74) is 1.82. The number of phenolic OH excluding ortho intramolecular Hbond substituents is 1. The Bertz CT molecular complexity index is 1480. The van der Waals surface area contributed by atoms with Crippen LogP contribution in [-0.2, 0) is 14.3 Å². The molecule has 2 aliphatic heterocycles. The molecule has 9 heteroatoms. The minimum atomic E-state index is -1.07. The Hall–Kier alpha value is -4.79. The first-order chi connectivity index (χ1) is 18.3. The molecule has 3 aromatic carbocycles. The summed E-state index contributed by atoms with van der Waals surface area (Å²) in [6.45, 7) is 3.05. The number of nitrogens with zero attached hydrogens (tertiary/aromatic N) is 2. The Labute approximate surface area is 219 Å². The number of aliphatic hydroxyl groups is 1. The van der Waals surface area contributed by atoms with Crippen molar-refractivity contribution in [2.24, 2.45) is 0 Å². The lowest BCUT2D eigenvalue weighted by atomic mass is 9.94. The van der Waals surface area contributed by atoms with Gasteiger partial charge in [0.25, 0.3) is 11.7 Å². The maximum atomic E-state index is 13.4. The number of likely N-dealkylation sites (N-methyl/N-ethyl adjacent to an activating group) is 1. The van der Waals surface area contributed by atoms with Gasteiger partial charge in [-0.3, -0.25) is 14.5 Å². The number of anilines is 2. The molecule has 0 aromatic heterocycles. The van der Waals surface area contributed by atoms with Crippen molar-refractivity contribution in [3.05, 3.63) is 89.0 Å². The van der Waals surface area contributed by atoms with Crippen LogP contribution in [0.25, 0.3) is 5.76 Å². The van der Waals surface area contributed by atoms with E-state index in [1.165, 1.54) is 23.1 Å². The van der Waals surface area contributed by atoms with Gasteiger partial charge < -0.3 is 24.6 Å². The molecular formula is C29H26N2O7. The topological polar surface area (TPSA) is 117 Å². The number of benzene rings is 3. The zero-order valence-electron chi connectivity index (χ0n) is 20.9. The largest absolute Gasteiger partial charge is 0.508 e. The highest BCUT2D eigenvalue weighted by molar-refractivity contribution is 6.51. The monoisotopic (exact) mass is 514 g/mol. The van der Waals surface area contributed by atoms with Crippen LogP contribution in [0.4, 0.5) is 11.4 Å². The zero-order chi connectivity index (χ0) is 27.0. The van der Waals surface area contributed by atoms with Gasteiger partial charge in [-0.1, -0.05) is 18.2 Å². The predicted octanol–water partition coefficient (Wildman–Crippen LogP) is 4.02. The van der Waals surface area contributed by atoms with Crippen LogP contribution in [-0.4, -0.2) is 54.7 Å². The van der Waals surface area contributed by atoms with E-state index in [1.54, 1.807) is 55.5 Å². The van der Waals surface area contributed by atoms with Crippen molar-refractivity contribution in [2.75, 3.05) is 36.6 Å². The quantitative estimate of drug-likeness (QED) is 0.227. The van der Waals surface area contributed by atoms with Gasteiger partial charge in [0, 0.05) is 18.3 Å². The molecule has 2 aliphatic rings. The number of aromatic hydroxyl groups is 1. The third kappa shape index (κ3) is 4.32. The number of rotatable bonds is 5. The molecule has 38 heavy (non-hydrogen) atoms. The lowest BCUT2D eigenvalue weighted by molar-refractivity contribution is -0.132. The molecule has 0 bridgehead atoms. The second-order valence-electron chi connectivity index (χ2n) is 8.99. The molecule has 9 nitrogen and oxygen atoms in total. The number of hydrogen-bond acceptors (Lipinski definition) is 8. The third-order valence-electron chi connectivity index (χ3n) is 6.59. The number of fused-ring (bicyclic) bond motifs is 1. The molecule has 1 saturated heterocycles. The lowest BCUT2D eigenvalue weighted by Crippen LogP contribution is -2.29. The fourth-order valence-electron chi connectivity index (χ4n) is 4.76. The molecule has 0 spiro atoms. The minimum Gasteiger partial charge on any atom is -0.508 e. The van der Waals surface area contributed by atoms with Crippen molar-refractivity contribution in [3.8, 4) is 11.5 Å². The molecule has 1 fully saturated rings. The highest BCUT2D eigenvalue weighted by Crippen LogP contribution is 2.44. The van der Waals surface area contributed by atoms with E-state index in [9.17, 15) is 24.6 Å². The normalized spacial score (nSPS) is 18.2. The number of ketones is 1.